The number of nitrogens with zero attached hydrogens (tertiary/aromatic N) is 3. The summed E-state index contributed by atoms with van der Waals surface area (Å²) in [6.07, 6.45) is 1.87. The van der Waals surface area contributed by atoms with Crippen molar-refractivity contribution >= 4 is 29.1 Å². The zero-order valence-corrected chi connectivity index (χ0v) is 20.3. The lowest BCUT2D eigenvalue weighted by atomic mass is 9.95. The second-order valence-electron chi connectivity index (χ2n) is 8.20. The zero-order valence-electron chi connectivity index (χ0n) is 19.5. The van der Waals surface area contributed by atoms with Crippen molar-refractivity contribution in [3.8, 4) is 0 Å². The van der Waals surface area contributed by atoms with Gasteiger partial charge in [0.2, 0.25) is 0 Å². The lowest BCUT2D eigenvalue weighted by Gasteiger charge is -2.24. The fourth-order valence-electron chi connectivity index (χ4n) is 3.88. The number of rotatable bonds is 5. The van der Waals surface area contributed by atoms with Gasteiger partial charge in [-0.25, -0.2) is 9.79 Å². The van der Waals surface area contributed by atoms with Gasteiger partial charge < -0.3 is 9.64 Å². The first-order valence-corrected chi connectivity index (χ1v) is 11.7. The molecule has 2 heterocycles. The minimum absolute atomic E-state index is 0.171. The van der Waals surface area contributed by atoms with Gasteiger partial charge in [0.05, 0.1) is 28.5 Å². The molecular formula is C26H27N3O3S. The van der Waals surface area contributed by atoms with E-state index in [1.807, 2.05) is 80.5 Å². The maximum atomic E-state index is 13.6. The van der Waals surface area contributed by atoms with E-state index in [4.69, 9.17) is 4.74 Å². The quantitative estimate of drug-likeness (QED) is 0.548. The molecule has 0 unspecified atom stereocenters. The average molecular weight is 462 g/mol. The van der Waals surface area contributed by atoms with E-state index in [-0.39, 0.29) is 12.2 Å². The summed E-state index contributed by atoms with van der Waals surface area (Å²) < 4.78 is 7.52. The Morgan fingerprint density at radius 1 is 1.12 bits per heavy atom. The molecule has 0 spiro atoms. The standard InChI is InChI=1S/C26H27N3O3S/c1-6-32-25(31)22-17(3)27-26-29(23(22)19-11-7-16(2)8-12-19)24(30)21(33-26)15-18-9-13-20(14-10-18)28(4)5/h7-15,23H,6H2,1-5H3/b21-15+/t23-/m1/s1. The van der Waals surface area contributed by atoms with Gasteiger partial charge in [0.15, 0.2) is 4.80 Å². The Kier molecular flexibility index (Phi) is 6.33. The predicted octanol–water partition coefficient (Wildman–Crippen LogP) is 3.17. The summed E-state index contributed by atoms with van der Waals surface area (Å²) in [7, 11) is 3.98. The molecule has 0 aliphatic carbocycles. The maximum Gasteiger partial charge on any atom is 0.338 e. The monoisotopic (exact) mass is 461 g/mol. The summed E-state index contributed by atoms with van der Waals surface area (Å²) in [4.78, 5) is 33.7. The van der Waals surface area contributed by atoms with Crippen LogP contribution in [-0.4, -0.2) is 31.2 Å². The summed E-state index contributed by atoms with van der Waals surface area (Å²) in [5.74, 6) is -0.446. The molecule has 1 aliphatic rings. The molecule has 3 aromatic rings. The van der Waals surface area contributed by atoms with Gasteiger partial charge in [0.25, 0.3) is 5.56 Å². The Hall–Kier alpha value is -3.45. The van der Waals surface area contributed by atoms with Gasteiger partial charge in [-0.3, -0.25) is 9.36 Å². The third kappa shape index (κ3) is 4.41. The molecule has 0 N–H and O–H groups in total. The van der Waals surface area contributed by atoms with E-state index in [0.29, 0.717) is 20.6 Å². The van der Waals surface area contributed by atoms with Crippen molar-refractivity contribution in [1.29, 1.82) is 0 Å². The number of allylic oxidation sites excluding steroid dienone is 1. The van der Waals surface area contributed by atoms with Crippen molar-refractivity contribution in [2.45, 2.75) is 26.8 Å². The van der Waals surface area contributed by atoms with Gasteiger partial charge in [0, 0.05) is 19.8 Å². The molecule has 4 rings (SSSR count). The Morgan fingerprint density at radius 3 is 2.39 bits per heavy atom. The van der Waals surface area contributed by atoms with Gasteiger partial charge >= 0.3 is 5.97 Å². The van der Waals surface area contributed by atoms with E-state index in [1.165, 1.54) is 11.3 Å². The maximum absolute atomic E-state index is 13.6. The van der Waals surface area contributed by atoms with Gasteiger partial charge in [-0.1, -0.05) is 53.3 Å². The van der Waals surface area contributed by atoms with E-state index < -0.39 is 12.0 Å². The number of carbonyl (C=O) groups excluding carboxylic acids is 1. The molecule has 0 amide bonds. The highest BCUT2D eigenvalue weighted by Crippen LogP contribution is 2.30. The molecule has 33 heavy (non-hydrogen) atoms. The second-order valence-corrected chi connectivity index (χ2v) is 9.21. The number of ether oxygens (including phenoxy) is 1. The third-order valence-electron chi connectivity index (χ3n) is 5.62. The van der Waals surface area contributed by atoms with Crippen LogP contribution >= 0.6 is 11.3 Å². The number of anilines is 1. The van der Waals surface area contributed by atoms with Crippen LogP contribution in [0.5, 0.6) is 0 Å². The first-order chi connectivity index (χ1) is 15.8. The molecule has 1 aromatic heterocycles. The SMILES string of the molecule is CCOC(=O)C1=C(C)N=c2s/c(=C/c3ccc(N(C)C)cc3)c(=O)n2[C@@H]1c1ccc(C)cc1. The summed E-state index contributed by atoms with van der Waals surface area (Å²) in [6.45, 7) is 5.82. The highest BCUT2D eigenvalue weighted by Gasteiger charge is 2.33. The molecule has 1 aliphatic heterocycles. The Balaban J connectivity index is 1.90. The first-order valence-electron chi connectivity index (χ1n) is 10.8. The minimum Gasteiger partial charge on any atom is -0.463 e. The Bertz CT molecular complexity index is 1390. The topological polar surface area (TPSA) is 63.9 Å². The largest absolute Gasteiger partial charge is 0.463 e. The third-order valence-corrected chi connectivity index (χ3v) is 6.60. The number of carbonyl (C=O) groups is 1. The number of hydrogen-bond donors (Lipinski definition) is 0. The number of hydrogen-bond acceptors (Lipinski definition) is 6. The Morgan fingerprint density at radius 2 is 1.79 bits per heavy atom. The van der Waals surface area contributed by atoms with Crippen molar-refractivity contribution < 1.29 is 9.53 Å². The van der Waals surface area contributed by atoms with Gasteiger partial charge in [-0.05, 0) is 50.1 Å². The molecule has 170 valence electrons. The first kappa shape index (κ1) is 22.7. The number of aryl methyl sites for hydroxylation is 1. The smallest absolute Gasteiger partial charge is 0.338 e. The van der Waals surface area contributed by atoms with Crippen molar-refractivity contribution in [1.82, 2.24) is 4.57 Å². The number of esters is 1. The molecule has 2 aromatic carbocycles. The molecule has 0 bridgehead atoms. The molecule has 7 heteroatoms. The number of thiazole rings is 1. The second kappa shape index (κ2) is 9.19. The van der Waals surface area contributed by atoms with Gasteiger partial charge in [0.1, 0.15) is 0 Å². The minimum atomic E-state index is -0.584. The van der Waals surface area contributed by atoms with E-state index in [9.17, 15) is 9.59 Å². The van der Waals surface area contributed by atoms with Crippen LogP contribution in [0.4, 0.5) is 5.69 Å². The summed E-state index contributed by atoms with van der Waals surface area (Å²) in [6, 6.07) is 15.3. The van der Waals surface area contributed by atoms with E-state index in [2.05, 4.69) is 4.99 Å². The molecule has 0 saturated carbocycles. The van der Waals surface area contributed by atoms with Crippen LogP contribution < -0.4 is 19.8 Å². The van der Waals surface area contributed by atoms with Crippen LogP contribution in [0.15, 0.2) is 69.6 Å². The van der Waals surface area contributed by atoms with Crippen LogP contribution in [0.2, 0.25) is 0 Å². The molecule has 0 saturated heterocycles. The van der Waals surface area contributed by atoms with Gasteiger partial charge in [-0.15, -0.1) is 0 Å². The summed E-state index contributed by atoms with van der Waals surface area (Å²) >= 11 is 1.33. The molecule has 0 fully saturated rings. The van der Waals surface area contributed by atoms with Crippen LogP contribution in [0.25, 0.3) is 6.08 Å². The predicted molar refractivity (Wildman–Crippen MR) is 132 cm³/mol. The van der Waals surface area contributed by atoms with Crippen molar-refractivity contribution in [3.05, 3.63) is 96.2 Å². The fraction of sp³-hybridized carbons (Fsp3) is 0.269. The highest BCUT2D eigenvalue weighted by atomic mass is 32.1. The Labute approximate surface area is 196 Å². The fourth-order valence-corrected chi connectivity index (χ4v) is 4.92. The van der Waals surface area contributed by atoms with Crippen LogP contribution in [-0.2, 0) is 9.53 Å². The van der Waals surface area contributed by atoms with Crippen LogP contribution in [0, 0.1) is 6.92 Å². The lowest BCUT2D eigenvalue weighted by molar-refractivity contribution is -0.139. The van der Waals surface area contributed by atoms with Crippen LogP contribution in [0.1, 0.15) is 36.6 Å². The van der Waals surface area contributed by atoms with Crippen LogP contribution in [0.3, 0.4) is 0 Å². The van der Waals surface area contributed by atoms with Crippen molar-refractivity contribution in [2.24, 2.45) is 4.99 Å². The molecule has 6 nitrogen and oxygen atoms in total. The van der Waals surface area contributed by atoms with E-state index in [0.717, 1.165) is 22.4 Å². The number of fused-ring (bicyclic) bond motifs is 1. The van der Waals surface area contributed by atoms with Crippen molar-refractivity contribution in [2.75, 3.05) is 25.6 Å². The van der Waals surface area contributed by atoms with E-state index in [1.54, 1.807) is 18.4 Å². The van der Waals surface area contributed by atoms with E-state index >= 15 is 0 Å². The molecule has 1 atom stereocenters. The number of benzene rings is 2. The molecule has 0 radical (unpaired) electrons. The summed E-state index contributed by atoms with van der Waals surface area (Å²) in [5.41, 5.74) is 4.76. The molecular weight excluding hydrogens is 434 g/mol. The lowest BCUT2D eigenvalue weighted by Crippen LogP contribution is -2.39. The van der Waals surface area contributed by atoms with Gasteiger partial charge in [-0.2, -0.15) is 0 Å². The summed E-state index contributed by atoms with van der Waals surface area (Å²) in [5, 5.41) is 0. The highest BCUT2D eigenvalue weighted by molar-refractivity contribution is 7.07. The normalized spacial score (nSPS) is 15.8. The number of aromatic nitrogens is 1. The average Bonchev–Trinajstić information content (AvgIpc) is 3.08. The zero-order chi connectivity index (χ0) is 23.7. The van der Waals surface area contributed by atoms with Crippen molar-refractivity contribution in [3.63, 3.8) is 0 Å².